The van der Waals surface area contributed by atoms with Crippen molar-refractivity contribution in [1.82, 2.24) is 0 Å². The van der Waals surface area contributed by atoms with E-state index in [2.05, 4.69) is 0 Å². The van der Waals surface area contributed by atoms with Gasteiger partial charge in [-0.3, -0.25) is 4.79 Å². The van der Waals surface area contributed by atoms with Crippen molar-refractivity contribution in [3.05, 3.63) is 54.1 Å². The molecular formula is C13H12O2. The summed E-state index contributed by atoms with van der Waals surface area (Å²) in [6, 6.07) is 7.12. The van der Waals surface area contributed by atoms with Gasteiger partial charge in [-0.2, -0.15) is 0 Å². The SMILES string of the molecule is O=C1C=CC=CC1Cc1ccccc1O. The highest BCUT2D eigenvalue weighted by Gasteiger charge is 2.16. The number of carbonyl (C=O) groups excluding carboxylic acids is 1. The van der Waals surface area contributed by atoms with E-state index in [4.69, 9.17) is 0 Å². The zero-order chi connectivity index (χ0) is 10.7. The van der Waals surface area contributed by atoms with E-state index in [1.165, 1.54) is 0 Å². The molecule has 2 rings (SSSR count). The number of benzene rings is 1. The summed E-state index contributed by atoms with van der Waals surface area (Å²) in [6.45, 7) is 0. The second-order valence-electron chi connectivity index (χ2n) is 3.59. The number of ketones is 1. The van der Waals surface area contributed by atoms with Crippen molar-refractivity contribution in [2.75, 3.05) is 0 Å². The summed E-state index contributed by atoms with van der Waals surface area (Å²) in [6.07, 6.45) is 7.61. The van der Waals surface area contributed by atoms with Crippen molar-refractivity contribution >= 4 is 5.78 Å². The van der Waals surface area contributed by atoms with Crippen LogP contribution in [0.1, 0.15) is 5.56 Å². The molecule has 1 unspecified atom stereocenters. The fraction of sp³-hybridized carbons (Fsp3) is 0.154. The highest BCUT2D eigenvalue weighted by Crippen LogP contribution is 2.22. The average Bonchev–Trinajstić information content (AvgIpc) is 2.24. The highest BCUT2D eigenvalue weighted by atomic mass is 16.3. The molecule has 0 bridgehead atoms. The largest absolute Gasteiger partial charge is 0.508 e. The van der Waals surface area contributed by atoms with Crippen molar-refractivity contribution in [3.63, 3.8) is 0 Å². The molecule has 0 aliphatic heterocycles. The first-order chi connectivity index (χ1) is 7.27. The van der Waals surface area contributed by atoms with Crippen LogP contribution in [0, 0.1) is 5.92 Å². The molecule has 0 saturated carbocycles. The predicted molar refractivity (Wildman–Crippen MR) is 58.6 cm³/mol. The molecule has 1 aromatic rings. The van der Waals surface area contributed by atoms with E-state index < -0.39 is 0 Å². The van der Waals surface area contributed by atoms with Crippen LogP contribution in [-0.2, 0) is 11.2 Å². The summed E-state index contributed by atoms with van der Waals surface area (Å²) in [5.41, 5.74) is 0.816. The third-order valence-corrected chi connectivity index (χ3v) is 2.51. The van der Waals surface area contributed by atoms with Crippen LogP contribution in [0.3, 0.4) is 0 Å². The maximum absolute atomic E-state index is 11.5. The standard InChI is InChI=1S/C13H12O2/c14-12-7-3-1-5-10(12)9-11-6-2-4-8-13(11)15/h1-8,10,15H,9H2. The number of rotatable bonds is 2. The number of allylic oxidation sites excluding steroid dienone is 4. The molecule has 0 aromatic heterocycles. The van der Waals surface area contributed by atoms with Crippen LogP contribution in [0.4, 0.5) is 0 Å². The van der Waals surface area contributed by atoms with Crippen LogP contribution in [0.25, 0.3) is 0 Å². The minimum atomic E-state index is -0.136. The van der Waals surface area contributed by atoms with Gasteiger partial charge < -0.3 is 5.11 Å². The Labute approximate surface area is 88.6 Å². The number of para-hydroxylation sites is 1. The van der Waals surface area contributed by atoms with E-state index in [9.17, 15) is 9.90 Å². The summed E-state index contributed by atoms with van der Waals surface area (Å²) in [4.78, 5) is 11.5. The molecule has 1 aliphatic rings. The lowest BCUT2D eigenvalue weighted by molar-refractivity contribution is -0.117. The summed E-state index contributed by atoms with van der Waals surface area (Å²) < 4.78 is 0. The molecule has 0 saturated heterocycles. The quantitative estimate of drug-likeness (QED) is 0.795. The fourth-order valence-electron chi connectivity index (χ4n) is 1.66. The summed E-state index contributed by atoms with van der Waals surface area (Å²) in [5, 5.41) is 9.57. The minimum Gasteiger partial charge on any atom is -0.508 e. The number of carbonyl (C=O) groups is 1. The van der Waals surface area contributed by atoms with Gasteiger partial charge in [-0.25, -0.2) is 0 Å². The summed E-state index contributed by atoms with van der Waals surface area (Å²) >= 11 is 0. The third kappa shape index (κ3) is 2.15. The molecule has 1 aliphatic carbocycles. The average molecular weight is 200 g/mol. The van der Waals surface area contributed by atoms with Gasteiger partial charge in [0.05, 0.1) is 0 Å². The minimum absolute atomic E-state index is 0.0979. The number of aromatic hydroxyl groups is 1. The lowest BCUT2D eigenvalue weighted by Gasteiger charge is -2.12. The Balaban J connectivity index is 2.16. The summed E-state index contributed by atoms with van der Waals surface area (Å²) in [7, 11) is 0. The second-order valence-corrected chi connectivity index (χ2v) is 3.59. The van der Waals surface area contributed by atoms with E-state index in [0.717, 1.165) is 5.56 Å². The number of phenolic OH excluding ortho intramolecular Hbond substituents is 1. The Kier molecular flexibility index (Phi) is 2.68. The van der Waals surface area contributed by atoms with E-state index >= 15 is 0 Å². The Morgan fingerprint density at radius 1 is 1.20 bits per heavy atom. The van der Waals surface area contributed by atoms with Gasteiger partial charge in [0.15, 0.2) is 5.78 Å². The molecule has 2 nitrogen and oxygen atoms in total. The molecular weight excluding hydrogens is 188 g/mol. The molecule has 76 valence electrons. The smallest absolute Gasteiger partial charge is 0.162 e. The van der Waals surface area contributed by atoms with Crippen LogP contribution < -0.4 is 0 Å². The Morgan fingerprint density at radius 2 is 2.00 bits per heavy atom. The highest BCUT2D eigenvalue weighted by molar-refractivity contribution is 5.94. The van der Waals surface area contributed by atoms with Gasteiger partial charge in [-0.1, -0.05) is 36.4 Å². The molecule has 15 heavy (non-hydrogen) atoms. The number of phenols is 1. The molecule has 2 heteroatoms. The van der Waals surface area contributed by atoms with Crippen molar-refractivity contribution in [2.24, 2.45) is 5.92 Å². The van der Waals surface area contributed by atoms with E-state index in [-0.39, 0.29) is 17.5 Å². The first-order valence-electron chi connectivity index (χ1n) is 4.93. The molecule has 0 radical (unpaired) electrons. The molecule has 1 atom stereocenters. The van der Waals surface area contributed by atoms with Crippen LogP contribution in [0.2, 0.25) is 0 Å². The van der Waals surface area contributed by atoms with E-state index in [0.29, 0.717) is 6.42 Å². The van der Waals surface area contributed by atoms with Crippen LogP contribution >= 0.6 is 0 Å². The molecule has 0 amide bonds. The van der Waals surface area contributed by atoms with Crippen molar-refractivity contribution in [2.45, 2.75) is 6.42 Å². The second kappa shape index (κ2) is 4.13. The maximum atomic E-state index is 11.5. The zero-order valence-electron chi connectivity index (χ0n) is 8.26. The van der Waals surface area contributed by atoms with Gasteiger partial charge >= 0.3 is 0 Å². The van der Waals surface area contributed by atoms with Crippen molar-refractivity contribution in [3.8, 4) is 5.75 Å². The molecule has 0 spiro atoms. The van der Waals surface area contributed by atoms with Crippen LogP contribution in [0.5, 0.6) is 5.75 Å². The molecule has 1 N–H and O–H groups in total. The topological polar surface area (TPSA) is 37.3 Å². The van der Waals surface area contributed by atoms with E-state index in [1.54, 1.807) is 24.3 Å². The Hall–Kier alpha value is -1.83. The van der Waals surface area contributed by atoms with Gasteiger partial charge in [0, 0.05) is 5.92 Å². The first kappa shape index (κ1) is 9.71. The Morgan fingerprint density at radius 3 is 2.73 bits per heavy atom. The lowest BCUT2D eigenvalue weighted by atomic mass is 9.92. The number of hydrogen-bond acceptors (Lipinski definition) is 2. The fourth-order valence-corrected chi connectivity index (χ4v) is 1.66. The molecule has 0 fully saturated rings. The lowest BCUT2D eigenvalue weighted by Crippen LogP contribution is -2.14. The van der Waals surface area contributed by atoms with Gasteiger partial charge in [0.25, 0.3) is 0 Å². The monoisotopic (exact) mass is 200 g/mol. The van der Waals surface area contributed by atoms with Crippen molar-refractivity contribution < 1.29 is 9.90 Å². The number of hydrogen-bond donors (Lipinski definition) is 1. The summed E-state index contributed by atoms with van der Waals surface area (Å²) in [5.74, 6) is 0.220. The van der Waals surface area contributed by atoms with Gasteiger partial charge in [-0.15, -0.1) is 0 Å². The maximum Gasteiger partial charge on any atom is 0.162 e. The molecule has 1 aromatic carbocycles. The van der Waals surface area contributed by atoms with Gasteiger partial charge in [0.2, 0.25) is 0 Å². The third-order valence-electron chi connectivity index (χ3n) is 2.51. The normalized spacial score (nSPS) is 19.5. The molecule has 0 heterocycles. The predicted octanol–water partition coefficient (Wildman–Crippen LogP) is 2.25. The van der Waals surface area contributed by atoms with Crippen molar-refractivity contribution in [1.29, 1.82) is 0 Å². The van der Waals surface area contributed by atoms with Gasteiger partial charge in [0.1, 0.15) is 5.75 Å². The first-order valence-corrected chi connectivity index (χ1v) is 4.93. The Bertz CT molecular complexity index is 430. The van der Waals surface area contributed by atoms with Crippen LogP contribution in [0.15, 0.2) is 48.6 Å². The van der Waals surface area contributed by atoms with E-state index in [1.807, 2.05) is 24.3 Å². The zero-order valence-corrected chi connectivity index (χ0v) is 8.26. The van der Waals surface area contributed by atoms with Crippen LogP contribution in [-0.4, -0.2) is 10.9 Å². The van der Waals surface area contributed by atoms with Gasteiger partial charge in [-0.05, 0) is 24.1 Å².